The molecule has 17 heteroatoms. The van der Waals surface area contributed by atoms with E-state index in [4.69, 9.17) is 0 Å². The van der Waals surface area contributed by atoms with Gasteiger partial charge in [-0.1, -0.05) is 13.8 Å². The summed E-state index contributed by atoms with van der Waals surface area (Å²) in [7, 11) is -23.1. The largest absolute Gasteiger partial charge is 0.358 e. The SMILES string of the molecule is CCN(C(P(=O)(O)O)P(=O)(O)O)C(CC)(P(=O)(O)O)P(=O)(O)O. The van der Waals surface area contributed by atoms with E-state index in [1.165, 1.54) is 0 Å². The van der Waals surface area contributed by atoms with Gasteiger partial charge in [0.15, 0.2) is 0 Å². The van der Waals surface area contributed by atoms with Crippen LogP contribution in [0, 0.1) is 0 Å². The minimum Gasteiger partial charge on any atom is -0.323 e. The van der Waals surface area contributed by atoms with Crippen LogP contribution >= 0.6 is 30.4 Å². The molecule has 0 aromatic heterocycles. The molecule has 0 bridgehead atoms. The molecule has 0 amide bonds. The summed E-state index contributed by atoms with van der Waals surface area (Å²) in [6, 6.07) is 0. The van der Waals surface area contributed by atoms with Crippen molar-refractivity contribution in [2.45, 2.75) is 30.8 Å². The van der Waals surface area contributed by atoms with E-state index in [2.05, 4.69) is 0 Å². The molecular formula is C6H19NO12P4. The predicted octanol–water partition coefficient (Wildman–Crippen LogP) is -0.634. The van der Waals surface area contributed by atoms with Crippen LogP contribution in [0.25, 0.3) is 0 Å². The molecule has 13 nitrogen and oxygen atoms in total. The lowest BCUT2D eigenvalue weighted by atomic mass is 10.4. The molecule has 0 atom stereocenters. The molecule has 0 aromatic rings. The summed E-state index contributed by atoms with van der Waals surface area (Å²) in [4.78, 5) is 74.2. The monoisotopic (exact) mass is 421 g/mol. The highest BCUT2D eigenvalue weighted by Crippen LogP contribution is 2.75. The summed E-state index contributed by atoms with van der Waals surface area (Å²) in [6.07, 6.45) is -1.04. The first-order chi connectivity index (χ1) is 9.88. The Morgan fingerprint density at radius 3 is 1.22 bits per heavy atom. The van der Waals surface area contributed by atoms with Crippen LogP contribution in [-0.2, 0) is 18.3 Å². The summed E-state index contributed by atoms with van der Waals surface area (Å²) in [6.45, 7) is 1.01. The van der Waals surface area contributed by atoms with Crippen LogP contribution < -0.4 is 0 Å². The predicted molar refractivity (Wildman–Crippen MR) is 77.4 cm³/mol. The number of hydrogen-bond donors (Lipinski definition) is 8. The molecule has 0 spiro atoms. The maximum atomic E-state index is 11.7. The Kier molecular flexibility index (Phi) is 7.22. The van der Waals surface area contributed by atoms with Gasteiger partial charge in [0.1, 0.15) is 0 Å². The highest BCUT2D eigenvalue weighted by molar-refractivity contribution is 7.73. The molecule has 8 N–H and O–H groups in total. The summed E-state index contributed by atoms with van der Waals surface area (Å²) in [5.74, 6) is 0. The second-order valence-corrected chi connectivity index (χ2v) is 12.3. The molecule has 23 heavy (non-hydrogen) atoms. The fourth-order valence-electron chi connectivity index (χ4n) is 2.28. The Balaban J connectivity index is 6.88. The van der Waals surface area contributed by atoms with Crippen LogP contribution in [-0.4, -0.2) is 61.1 Å². The normalized spacial score (nSPS) is 15.5. The Morgan fingerprint density at radius 1 is 0.783 bits per heavy atom. The molecule has 0 rings (SSSR count). The van der Waals surface area contributed by atoms with E-state index in [0.717, 1.165) is 13.8 Å². The molecule has 0 aliphatic heterocycles. The molecule has 0 aliphatic carbocycles. The van der Waals surface area contributed by atoms with E-state index in [1.807, 2.05) is 0 Å². The maximum Gasteiger partial charge on any atom is 0.358 e. The second-order valence-electron chi connectivity index (χ2n) is 4.53. The quantitative estimate of drug-likeness (QED) is 0.228. The fraction of sp³-hybridized carbons (Fsp3) is 1.00. The van der Waals surface area contributed by atoms with Crippen LogP contribution in [0.15, 0.2) is 0 Å². The lowest BCUT2D eigenvalue weighted by molar-refractivity contribution is 0.144. The van der Waals surface area contributed by atoms with Crippen LogP contribution in [0.2, 0.25) is 0 Å². The molecule has 0 saturated heterocycles. The number of hydrogen-bond acceptors (Lipinski definition) is 5. The van der Waals surface area contributed by atoms with Gasteiger partial charge in [-0.3, -0.25) is 23.2 Å². The zero-order valence-electron chi connectivity index (χ0n) is 11.9. The molecule has 140 valence electrons. The zero-order chi connectivity index (χ0) is 19.1. The van der Waals surface area contributed by atoms with E-state index in [0.29, 0.717) is 0 Å². The zero-order valence-corrected chi connectivity index (χ0v) is 15.5. The van der Waals surface area contributed by atoms with Gasteiger partial charge in [-0.15, -0.1) is 0 Å². The summed E-state index contributed by atoms with van der Waals surface area (Å²) in [5.41, 5.74) is -3.12. The van der Waals surface area contributed by atoms with E-state index in [1.54, 1.807) is 0 Å². The van der Waals surface area contributed by atoms with Gasteiger partial charge in [-0.2, -0.15) is 0 Å². The van der Waals surface area contributed by atoms with Crippen molar-refractivity contribution in [3.8, 4) is 0 Å². The molecule has 0 heterocycles. The fourth-order valence-corrected chi connectivity index (χ4v) is 9.02. The van der Waals surface area contributed by atoms with Crippen molar-refractivity contribution in [1.82, 2.24) is 4.90 Å². The Bertz CT molecular complexity index is 565. The van der Waals surface area contributed by atoms with Gasteiger partial charge in [0, 0.05) is 0 Å². The van der Waals surface area contributed by atoms with Crippen LogP contribution in [0.1, 0.15) is 20.3 Å². The Hall–Kier alpha value is 0.560. The average Bonchev–Trinajstić information content (AvgIpc) is 2.20. The number of nitrogens with zero attached hydrogens (tertiary/aromatic N) is 1. The first-order valence-corrected chi connectivity index (χ1v) is 12.4. The molecule has 0 saturated carbocycles. The standard InChI is InChI=1S/C6H19NO12P4/c1-3-6(22(14,15)16,23(17,18)19)7(4-2)5(20(8,9)10)21(11,12)13/h5H,3-4H2,1-2H3,(H2,8,9,10)(H2,11,12,13)(H2,14,15,16)(H2,17,18,19). The van der Waals surface area contributed by atoms with E-state index in [-0.39, 0.29) is 4.90 Å². The number of rotatable bonds is 8. The van der Waals surface area contributed by atoms with E-state index in [9.17, 15) is 57.4 Å². The lowest BCUT2D eigenvalue weighted by Crippen LogP contribution is -2.52. The van der Waals surface area contributed by atoms with Gasteiger partial charge < -0.3 is 39.1 Å². The van der Waals surface area contributed by atoms with Crippen molar-refractivity contribution >= 4 is 30.4 Å². The molecular weight excluding hydrogens is 402 g/mol. The second kappa shape index (κ2) is 7.05. The Labute approximate surface area is 131 Å². The van der Waals surface area contributed by atoms with Gasteiger partial charge in [-0.25, -0.2) is 0 Å². The van der Waals surface area contributed by atoms with Crippen molar-refractivity contribution in [3.63, 3.8) is 0 Å². The molecule has 0 radical (unpaired) electrons. The third kappa shape index (κ3) is 4.59. The summed E-state index contributed by atoms with van der Waals surface area (Å²) < 4.78 is 46.4. The highest BCUT2D eigenvalue weighted by Gasteiger charge is 2.68. The molecule has 0 fully saturated rings. The van der Waals surface area contributed by atoms with Crippen molar-refractivity contribution in [3.05, 3.63) is 0 Å². The van der Waals surface area contributed by atoms with Gasteiger partial charge >= 0.3 is 30.4 Å². The molecule has 0 unspecified atom stereocenters. The maximum absolute atomic E-state index is 11.7. The van der Waals surface area contributed by atoms with Crippen LogP contribution in [0.4, 0.5) is 0 Å². The van der Waals surface area contributed by atoms with Gasteiger partial charge in [0.05, 0.1) is 0 Å². The van der Waals surface area contributed by atoms with E-state index >= 15 is 0 Å². The van der Waals surface area contributed by atoms with Gasteiger partial charge in [0.2, 0.25) is 10.5 Å². The third-order valence-corrected chi connectivity index (χ3v) is 11.2. The van der Waals surface area contributed by atoms with Crippen LogP contribution in [0.5, 0.6) is 0 Å². The van der Waals surface area contributed by atoms with Crippen LogP contribution in [0.3, 0.4) is 0 Å². The lowest BCUT2D eigenvalue weighted by Gasteiger charge is -2.45. The van der Waals surface area contributed by atoms with E-state index < -0.39 is 53.9 Å². The first kappa shape index (κ1) is 23.6. The average molecular weight is 421 g/mol. The van der Waals surface area contributed by atoms with Crippen molar-refractivity contribution in [2.75, 3.05) is 6.54 Å². The summed E-state index contributed by atoms with van der Waals surface area (Å²) >= 11 is 0. The summed E-state index contributed by atoms with van der Waals surface area (Å²) in [5, 5.41) is -3.50. The van der Waals surface area contributed by atoms with Crippen molar-refractivity contribution in [1.29, 1.82) is 0 Å². The smallest absolute Gasteiger partial charge is 0.323 e. The minimum atomic E-state index is -5.82. The van der Waals surface area contributed by atoms with Crippen molar-refractivity contribution < 1.29 is 57.4 Å². The van der Waals surface area contributed by atoms with Gasteiger partial charge in [-0.05, 0) is 13.0 Å². The molecule has 0 aliphatic rings. The Morgan fingerprint density at radius 2 is 1.09 bits per heavy atom. The topological polar surface area (TPSA) is 233 Å². The molecule has 0 aromatic carbocycles. The third-order valence-electron chi connectivity index (χ3n) is 3.09. The first-order valence-electron chi connectivity index (χ1n) is 5.86. The minimum absolute atomic E-state index is 0.184. The van der Waals surface area contributed by atoms with Gasteiger partial charge in [0.25, 0.3) is 0 Å². The van der Waals surface area contributed by atoms with Crippen molar-refractivity contribution in [2.24, 2.45) is 0 Å². The highest BCUT2D eigenvalue weighted by atomic mass is 31.2.